The van der Waals surface area contributed by atoms with Crippen LogP contribution in [0.2, 0.25) is 10.0 Å². The van der Waals surface area contributed by atoms with Crippen LogP contribution in [0.1, 0.15) is 44.1 Å². The summed E-state index contributed by atoms with van der Waals surface area (Å²) < 4.78 is 27.2. The Balaban J connectivity index is 1.61. The van der Waals surface area contributed by atoms with E-state index in [2.05, 4.69) is 11.4 Å². The smallest absolute Gasteiger partial charge is 0.224 e. The number of piperidine rings is 1. The number of hydrogen-bond acceptors (Lipinski definition) is 3. The molecular formula is C20H26Cl2N2O3S. The number of hydrogen-bond donors (Lipinski definition) is 1. The molecule has 28 heavy (non-hydrogen) atoms. The van der Waals surface area contributed by atoms with Crippen molar-refractivity contribution in [1.29, 1.82) is 0 Å². The highest BCUT2D eigenvalue weighted by Crippen LogP contribution is 2.29. The molecule has 1 fully saturated rings. The number of nitrogens with one attached hydrogen (secondary N) is 1. The van der Waals surface area contributed by atoms with Gasteiger partial charge >= 0.3 is 0 Å². The third-order valence-corrected chi connectivity index (χ3v) is 7.89. The molecule has 1 aliphatic heterocycles. The van der Waals surface area contributed by atoms with Crippen molar-refractivity contribution in [3.05, 3.63) is 45.5 Å². The molecule has 0 saturated carbocycles. The van der Waals surface area contributed by atoms with Crippen molar-refractivity contribution in [3.8, 4) is 0 Å². The number of rotatable bonds is 6. The minimum atomic E-state index is -3.61. The second-order valence-electron chi connectivity index (χ2n) is 7.48. The van der Waals surface area contributed by atoms with Crippen LogP contribution in [0.5, 0.6) is 0 Å². The molecule has 1 saturated heterocycles. The van der Waals surface area contributed by atoms with Gasteiger partial charge < -0.3 is 5.32 Å². The summed E-state index contributed by atoms with van der Waals surface area (Å²) in [7, 11) is -3.61. The second-order valence-corrected chi connectivity index (χ2v) is 10.3. The largest absolute Gasteiger partial charge is 0.352 e. The highest BCUT2D eigenvalue weighted by Gasteiger charge is 2.33. The van der Waals surface area contributed by atoms with E-state index in [1.54, 1.807) is 18.2 Å². The Kier molecular flexibility index (Phi) is 7.42. The van der Waals surface area contributed by atoms with E-state index >= 15 is 0 Å². The van der Waals surface area contributed by atoms with Crippen LogP contribution in [-0.2, 0) is 20.6 Å². The van der Waals surface area contributed by atoms with E-state index in [9.17, 15) is 13.2 Å². The van der Waals surface area contributed by atoms with E-state index < -0.39 is 10.0 Å². The second kappa shape index (κ2) is 9.61. The Morgan fingerprint density at radius 2 is 1.93 bits per heavy atom. The number of carbonyl (C=O) groups is 1. The molecule has 1 atom stereocenters. The van der Waals surface area contributed by atoms with E-state index in [4.69, 9.17) is 23.2 Å². The average Bonchev–Trinajstić information content (AvgIpc) is 2.70. The number of carbonyl (C=O) groups excluding carboxylic acids is 1. The fourth-order valence-corrected chi connectivity index (χ4v) is 6.13. The fraction of sp³-hybridized carbons (Fsp3) is 0.550. The molecule has 1 heterocycles. The molecule has 1 aromatic carbocycles. The van der Waals surface area contributed by atoms with Crippen molar-refractivity contribution in [3.63, 3.8) is 0 Å². The molecule has 1 aromatic rings. The summed E-state index contributed by atoms with van der Waals surface area (Å²) in [5, 5.41) is 3.66. The lowest BCUT2D eigenvalue weighted by Crippen LogP contribution is -2.46. The van der Waals surface area contributed by atoms with Crippen LogP contribution in [0.25, 0.3) is 0 Å². The molecule has 5 nitrogen and oxygen atoms in total. The Hall–Kier alpha value is -1.08. The van der Waals surface area contributed by atoms with Crippen molar-refractivity contribution >= 4 is 39.1 Å². The van der Waals surface area contributed by atoms with Gasteiger partial charge in [0, 0.05) is 35.2 Å². The molecule has 0 aromatic heterocycles. The van der Waals surface area contributed by atoms with Crippen LogP contribution < -0.4 is 5.32 Å². The summed E-state index contributed by atoms with van der Waals surface area (Å²) in [5.41, 5.74) is 1.68. The summed E-state index contributed by atoms with van der Waals surface area (Å²) in [6, 6.07) is 4.94. The van der Waals surface area contributed by atoms with Crippen LogP contribution in [0.3, 0.4) is 0 Å². The average molecular weight is 445 g/mol. The lowest BCUT2D eigenvalue weighted by molar-refractivity contribution is -0.125. The Morgan fingerprint density at radius 3 is 2.61 bits per heavy atom. The maximum Gasteiger partial charge on any atom is 0.224 e. The maximum atomic E-state index is 12.9. The summed E-state index contributed by atoms with van der Waals surface area (Å²) in [4.78, 5) is 12.6. The number of halogens is 2. The molecule has 154 valence electrons. The Labute approximate surface area is 177 Å². The molecule has 3 rings (SSSR count). The molecular weight excluding hydrogens is 419 g/mol. The molecule has 0 radical (unpaired) electrons. The molecule has 1 N–H and O–H groups in total. The van der Waals surface area contributed by atoms with Crippen LogP contribution in [0.15, 0.2) is 29.8 Å². The first kappa shape index (κ1) is 21.6. The van der Waals surface area contributed by atoms with E-state index in [0.717, 1.165) is 12.8 Å². The molecule has 0 spiro atoms. The molecule has 8 heteroatoms. The Morgan fingerprint density at radius 1 is 1.18 bits per heavy atom. The zero-order chi connectivity index (χ0) is 20.1. The lowest BCUT2D eigenvalue weighted by atomic mass is 9.97. The van der Waals surface area contributed by atoms with Gasteiger partial charge in [0.25, 0.3) is 0 Å². The van der Waals surface area contributed by atoms with Gasteiger partial charge in [0.1, 0.15) is 0 Å². The van der Waals surface area contributed by atoms with E-state index in [-0.39, 0.29) is 24.1 Å². The molecule has 1 unspecified atom stereocenters. The van der Waals surface area contributed by atoms with Crippen molar-refractivity contribution in [2.75, 3.05) is 19.6 Å². The van der Waals surface area contributed by atoms with Gasteiger partial charge in [0.2, 0.25) is 15.9 Å². The minimum Gasteiger partial charge on any atom is -0.352 e. The summed E-state index contributed by atoms with van der Waals surface area (Å²) >= 11 is 12.3. The van der Waals surface area contributed by atoms with Crippen molar-refractivity contribution in [1.82, 2.24) is 9.62 Å². The van der Waals surface area contributed by atoms with Crippen LogP contribution in [0, 0.1) is 5.92 Å². The van der Waals surface area contributed by atoms with Gasteiger partial charge in [0.05, 0.1) is 11.7 Å². The summed E-state index contributed by atoms with van der Waals surface area (Å²) in [5.74, 6) is -0.649. The third kappa shape index (κ3) is 5.50. The number of nitrogens with zero attached hydrogens (tertiary/aromatic N) is 1. The normalized spacial score (nSPS) is 21.2. The summed E-state index contributed by atoms with van der Waals surface area (Å²) in [6.45, 7) is 1.19. The Bertz CT molecular complexity index is 835. The third-order valence-electron chi connectivity index (χ3n) is 5.41. The zero-order valence-electron chi connectivity index (χ0n) is 15.8. The van der Waals surface area contributed by atoms with Gasteiger partial charge in [-0.25, -0.2) is 12.7 Å². The fourth-order valence-electron chi connectivity index (χ4n) is 3.76. The van der Waals surface area contributed by atoms with E-state index in [1.165, 1.54) is 22.7 Å². The predicted molar refractivity (Wildman–Crippen MR) is 113 cm³/mol. The van der Waals surface area contributed by atoms with Gasteiger partial charge in [-0.1, -0.05) is 40.9 Å². The predicted octanol–water partition coefficient (Wildman–Crippen LogP) is 4.15. The number of benzene rings is 1. The summed E-state index contributed by atoms with van der Waals surface area (Å²) in [6.07, 6.45) is 8.05. The minimum absolute atomic E-state index is 0.0675. The molecule has 1 aliphatic carbocycles. The number of sulfonamides is 1. The lowest BCUT2D eigenvalue weighted by Gasteiger charge is -2.31. The van der Waals surface area contributed by atoms with Gasteiger partial charge in [-0.15, -0.1) is 0 Å². The SMILES string of the molecule is O=C(NCC1=CCCCC1)C1CCCN(S(=O)(=O)Cc2c(Cl)cccc2Cl)C1. The molecule has 0 bridgehead atoms. The monoisotopic (exact) mass is 444 g/mol. The van der Waals surface area contributed by atoms with Gasteiger partial charge in [0.15, 0.2) is 0 Å². The van der Waals surface area contributed by atoms with Gasteiger partial charge in [-0.3, -0.25) is 4.79 Å². The van der Waals surface area contributed by atoms with Crippen LogP contribution >= 0.6 is 23.2 Å². The first-order valence-electron chi connectivity index (χ1n) is 9.73. The highest BCUT2D eigenvalue weighted by molar-refractivity contribution is 7.88. The highest BCUT2D eigenvalue weighted by atomic mass is 35.5. The van der Waals surface area contributed by atoms with Crippen molar-refractivity contribution in [2.24, 2.45) is 5.92 Å². The van der Waals surface area contributed by atoms with Gasteiger partial charge in [-0.2, -0.15) is 0 Å². The zero-order valence-corrected chi connectivity index (χ0v) is 18.1. The first-order chi connectivity index (χ1) is 13.4. The first-order valence-corrected chi connectivity index (χ1v) is 12.1. The van der Waals surface area contributed by atoms with E-state index in [0.29, 0.717) is 41.5 Å². The standard InChI is InChI=1S/C20H26Cl2N2O3S/c21-18-9-4-10-19(22)17(18)14-28(26,27)24-11-5-8-16(13-24)20(25)23-12-15-6-2-1-3-7-15/h4,6,9-10,16H,1-3,5,7-8,11-14H2,(H,23,25). The van der Waals surface area contributed by atoms with Crippen LogP contribution in [0.4, 0.5) is 0 Å². The molecule has 1 amide bonds. The van der Waals surface area contributed by atoms with Crippen molar-refractivity contribution in [2.45, 2.75) is 44.3 Å². The topological polar surface area (TPSA) is 66.5 Å². The van der Waals surface area contributed by atoms with Crippen LogP contribution in [-0.4, -0.2) is 38.3 Å². The maximum absolute atomic E-state index is 12.9. The quantitative estimate of drug-likeness (QED) is 0.669. The number of amides is 1. The van der Waals surface area contributed by atoms with Gasteiger partial charge in [-0.05, 0) is 50.7 Å². The number of allylic oxidation sites excluding steroid dienone is 1. The van der Waals surface area contributed by atoms with Crippen molar-refractivity contribution < 1.29 is 13.2 Å². The van der Waals surface area contributed by atoms with E-state index in [1.807, 2.05) is 0 Å². The molecule has 2 aliphatic rings.